The second-order valence-electron chi connectivity index (χ2n) is 3.65. The van der Waals surface area contributed by atoms with Gasteiger partial charge in [0.1, 0.15) is 5.69 Å². The molecule has 0 aliphatic carbocycles. The van der Waals surface area contributed by atoms with Crippen molar-refractivity contribution < 1.29 is 9.53 Å². The van der Waals surface area contributed by atoms with Crippen LogP contribution in [0.15, 0.2) is 6.20 Å². The minimum absolute atomic E-state index is 0.0183. The summed E-state index contributed by atoms with van der Waals surface area (Å²) in [6, 6.07) is 0. The van der Waals surface area contributed by atoms with Crippen molar-refractivity contribution in [1.29, 1.82) is 0 Å². The van der Waals surface area contributed by atoms with Crippen LogP contribution in [0.2, 0.25) is 0 Å². The van der Waals surface area contributed by atoms with Crippen LogP contribution in [0.25, 0.3) is 0 Å². The third-order valence-corrected chi connectivity index (χ3v) is 2.33. The van der Waals surface area contributed by atoms with Gasteiger partial charge in [0.15, 0.2) is 11.5 Å². The fraction of sp³-hybridized carbons (Fsp3) is 0.600. The van der Waals surface area contributed by atoms with Crippen LogP contribution in [0.5, 0.6) is 5.75 Å². The van der Waals surface area contributed by atoms with E-state index in [1.54, 1.807) is 13.2 Å². The first-order chi connectivity index (χ1) is 7.10. The minimum Gasteiger partial charge on any atom is -0.493 e. The number of ketones is 1. The van der Waals surface area contributed by atoms with Crippen molar-refractivity contribution in [2.75, 3.05) is 13.7 Å². The van der Waals surface area contributed by atoms with Crippen molar-refractivity contribution in [3.63, 3.8) is 0 Å². The number of methoxy groups -OCH3 is 1. The topological polar surface area (TPSA) is 70.1 Å². The maximum atomic E-state index is 11.9. The lowest BCUT2D eigenvalue weighted by Gasteiger charge is -2.08. The molecule has 0 saturated carbocycles. The van der Waals surface area contributed by atoms with Crippen LogP contribution in [0.4, 0.5) is 0 Å². The molecule has 0 bridgehead atoms. The fourth-order valence-corrected chi connectivity index (χ4v) is 1.38. The van der Waals surface area contributed by atoms with Gasteiger partial charge in [-0.3, -0.25) is 9.48 Å². The number of Topliss-reactive ketones (excluding diaryl/α,β-unsaturated/α-hetero) is 1. The number of nitrogens with zero attached hydrogens (tertiary/aromatic N) is 2. The fourth-order valence-electron chi connectivity index (χ4n) is 1.38. The Morgan fingerprint density at radius 1 is 1.73 bits per heavy atom. The van der Waals surface area contributed by atoms with Gasteiger partial charge in [-0.05, 0) is 12.5 Å². The number of hydrogen-bond donors (Lipinski definition) is 1. The Bertz CT molecular complexity index is 346. The zero-order valence-electron chi connectivity index (χ0n) is 9.36. The Morgan fingerprint density at radius 3 is 2.93 bits per heavy atom. The molecule has 0 aliphatic rings. The Morgan fingerprint density at radius 2 is 2.40 bits per heavy atom. The van der Waals surface area contributed by atoms with E-state index in [0.29, 0.717) is 24.4 Å². The molecule has 5 nitrogen and oxygen atoms in total. The average Bonchev–Trinajstić information content (AvgIpc) is 2.59. The van der Waals surface area contributed by atoms with Gasteiger partial charge in [0.25, 0.3) is 0 Å². The van der Waals surface area contributed by atoms with E-state index in [-0.39, 0.29) is 11.7 Å². The summed E-state index contributed by atoms with van der Waals surface area (Å²) in [6.07, 6.45) is 1.97. The van der Waals surface area contributed by atoms with E-state index >= 15 is 0 Å². The third-order valence-electron chi connectivity index (χ3n) is 2.33. The zero-order valence-corrected chi connectivity index (χ0v) is 9.36. The maximum absolute atomic E-state index is 11.9. The highest BCUT2D eigenvalue weighted by molar-refractivity contribution is 5.97. The first-order valence-corrected chi connectivity index (χ1v) is 4.89. The number of carbonyl (C=O) groups is 1. The molecule has 0 fully saturated rings. The maximum Gasteiger partial charge on any atom is 0.184 e. The molecule has 1 heterocycles. The molecule has 1 aromatic rings. The smallest absolute Gasteiger partial charge is 0.184 e. The second kappa shape index (κ2) is 4.93. The first kappa shape index (κ1) is 11.7. The van der Waals surface area contributed by atoms with E-state index in [2.05, 4.69) is 5.10 Å². The summed E-state index contributed by atoms with van der Waals surface area (Å²) in [5, 5.41) is 3.98. The summed E-state index contributed by atoms with van der Waals surface area (Å²) in [4.78, 5) is 11.9. The summed E-state index contributed by atoms with van der Waals surface area (Å²) in [7, 11) is 3.25. The molecule has 84 valence electrons. The molecule has 0 amide bonds. The molecule has 0 aliphatic heterocycles. The quantitative estimate of drug-likeness (QED) is 0.724. The van der Waals surface area contributed by atoms with E-state index in [0.717, 1.165) is 0 Å². The molecule has 0 spiro atoms. The summed E-state index contributed by atoms with van der Waals surface area (Å²) in [5.41, 5.74) is 5.99. The molecule has 1 aromatic heterocycles. The molecule has 1 rings (SSSR count). The number of nitrogens with two attached hydrogens (primary N) is 1. The van der Waals surface area contributed by atoms with Gasteiger partial charge in [-0.15, -0.1) is 0 Å². The summed E-state index contributed by atoms with van der Waals surface area (Å²) >= 11 is 0. The van der Waals surface area contributed by atoms with E-state index < -0.39 is 0 Å². The van der Waals surface area contributed by atoms with Crippen LogP contribution in [-0.2, 0) is 7.05 Å². The summed E-state index contributed by atoms with van der Waals surface area (Å²) in [6.45, 7) is 2.45. The normalized spacial score (nSPS) is 12.5. The molecule has 1 unspecified atom stereocenters. The molecular weight excluding hydrogens is 194 g/mol. The van der Waals surface area contributed by atoms with E-state index in [1.165, 1.54) is 11.8 Å². The van der Waals surface area contributed by atoms with Gasteiger partial charge in [0.2, 0.25) is 0 Å². The van der Waals surface area contributed by atoms with Crippen molar-refractivity contribution in [3.8, 4) is 5.75 Å². The number of ether oxygens (including phenoxy) is 1. The molecular formula is C10H17N3O2. The molecule has 5 heteroatoms. The molecule has 2 N–H and O–H groups in total. The summed E-state index contributed by atoms with van der Waals surface area (Å²) < 4.78 is 6.60. The van der Waals surface area contributed by atoms with Gasteiger partial charge in [0.05, 0.1) is 13.3 Å². The van der Waals surface area contributed by atoms with E-state index in [1.807, 2.05) is 6.92 Å². The molecule has 1 atom stereocenters. The highest BCUT2D eigenvalue weighted by Crippen LogP contribution is 2.19. The van der Waals surface area contributed by atoms with Gasteiger partial charge in [-0.25, -0.2) is 0 Å². The van der Waals surface area contributed by atoms with Crippen LogP contribution in [0.3, 0.4) is 0 Å². The number of hydrogen-bond acceptors (Lipinski definition) is 4. The minimum atomic E-state index is 0.0183. The van der Waals surface area contributed by atoms with Crippen molar-refractivity contribution in [1.82, 2.24) is 9.78 Å². The van der Waals surface area contributed by atoms with Crippen LogP contribution >= 0.6 is 0 Å². The van der Waals surface area contributed by atoms with Gasteiger partial charge in [-0.2, -0.15) is 5.10 Å². The van der Waals surface area contributed by atoms with Crippen molar-refractivity contribution in [3.05, 3.63) is 11.9 Å². The number of aromatic nitrogens is 2. The lowest BCUT2D eigenvalue weighted by atomic mass is 10.0. The highest BCUT2D eigenvalue weighted by atomic mass is 16.5. The van der Waals surface area contributed by atoms with Gasteiger partial charge >= 0.3 is 0 Å². The van der Waals surface area contributed by atoms with Crippen LogP contribution in [-0.4, -0.2) is 29.2 Å². The molecule has 0 aromatic carbocycles. The van der Waals surface area contributed by atoms with E-state index in [9.17, 15) is 4.79 Å². The largest absolute Gasteiger partial charge is 0.493 e. The van der Waals surface area contributed by atoms with Crippen LogP contribution in [0, 0.1) is 5.92 Å². The zero-order chi connectivity index (χ0) is 11.4. The van der Waals surface area contributed by atoms with Gasteiger partial charge in [0, 0.05) is 13.5 Å². The standard InChI is InChI=1S/C10H17N3O2/c1-7(5-11)4-8(14)10-9(15-3)6-12-13(10)2/h6-7H,4-5,11H2,1-3H3. The van der Waals surface area contributed by atoms with Crippen LogP contribution in [0.1, 0.15) is 23.8 Å². The number of aryl methyl sites for hydroxylation is 1. The van der Waals surface area contributed by atoms with Crippen molar-refractivity contribution >= 4 is 5.78 Å². The molecule has 0 saturated heterocycles. The Hall–Kier alpha value is -1.36. The monoisotopic (exact) mass is 211 g/mol. The third kappa shape index (κ3) is 2.56. The van der Waals surface area contributed by atoms with Gasteiger partial charge < -0.3 is 10.5 Å². The van der Waals surface area contributed by atoms with Crippen molar-refractivity contribution in [2.45, 2.75) is 13.3 Å². The molecule has 0 radical (unpaired) electrons. The first-order valence-electron chi connectivity index (χ1n) is 4.89. The SMILES string of the molecule is COc1cnn(C)c1C(=O)CC(C)CN. The predicted molar refractivity (Wildman–Crippen MR) is 56.9 cm³/mol. The predicted octanol–water partition coefficient (Wildman–Crippen LogP) is 0.596. The Kier molecular flexibility index (Phi) is 3.85. The van der Waals surface area contributed by atoms with Gasteiger partial charge in [-0.1, -0.05) is 6.92 Å². The number of rotatable bonds is 5. The van der Waals surface area contributed by atoms with E-state index in [4.69, 9.17) is 10.5 Å². The highest BCUT2D eigenvalue weighted by Gasteiger charge is 2.19. The lowest BCUT2D eigenvalue weighted by molar-refractivity contribution is 0.0953. The Labute approximate surface area is 89.2 Å². The van der Waals surface area contributed by atoms with Crippen molar-refractivity contribution in [2.24, 2.45) is 18.7 Å². The molecule has 15 heavy (non-hydrogen) atoms. The summed E-state index contributed by atoms with van der Waals surface area (Å²) in [5.74, 6) is 0.716. The second-order valence-corrected chi connectivity index (χ2v) is 3.65. The Balaban J connectivity index is 2.85. The lowest BCUT2D eigenvalue weighted by Crippen LogP contribution is -2.17. The average molecular weight is 211 g/mol. The number of carbonyl (C=O) groups excluding carboxylic acids is 1. The van der Waals surface area contributed by atoms with Crippen LogP contribution < -0.4 is 10.5 Å².